The minimum absolute atomic E-state index is 0.263. The molecule has 9 heavy (non-hydrogen) atoms. The van der Waals surface area contributed by atoms with Gasteiger partial charge in [0.2, 0.25) is 0 Å². The molecule has 3 heteroatoms. The number of aliphatic hydroxyl groups is 1. The Labute approximate surface area is 62.2 Å². The highest BCUT2D eigenvalue weighted by Gasteiger charge is 2.06. The molecule has 0 spiro atoms. The third-order valence-corrected chi connectivity index (χ3v) is 2.04. The van der Waals surface area contributed by atoms with Crippen LogP contribution in [0.1, 0.15) is 12.8 Å². The molecule has 50 valence electrons. The van der Waals surface area contributed by atoms with Crippen LogP contribution in [0.2, 0.25) is 0 Å². The molecule has 0 fully saturated rings. The largest absolute Gasteiger partial charge is 0.507 e. The van der Waals surface area contributed by atoms with Gasteiger partial charge in [-0.15, -0.1) is 0 Å². The Hall–Kier alpha value is -0.440. The maximum Gasteiger partial charge on any atom is 0.127 e. The van der Waals surface area contributed by atoms with Gasteiger partial charge in [0, 0.05) is 10.2 Å². The average Bonchev–Trinajstić information content (AvgIpc) is 1.80. The molecule has 0 radical (unpaired) electrons. The van der Waals surface area contributed by atoms with E-state index in [1.54, 1.807) is 6.08 Å². The minimum atomic E-state index is 0.263. The molecule has 1 aliphatic rings. The fourth-order valence-electron chi connectivity index (χ4n) is 0.708. The summed E-state index contributed by atoms with van der Waals surface area (Å²) >= 11 is 3.21. The minimum Gasteiger partial charge on any atom is -0.507 e. The lowest BCUT2D eigenvalue weighted by Crippen LogP contribution is -2.02. The molecule has 0 amide bonds. The molecule has 0 saturated carbocycles. The number of hydrogen-bond acceptors (Lipinski definition) is 2. The van der Waals surface area contributed by atoms with E-state index in [2.05, 4.69) is 15.9 Å². The Balaban J connectivity index is 2.83. The van der Waals surface area contributed by atoms with E-state index >= 15 is 0 Å². The van der Waals surface area contributed by atoms with Gasteiger partial charge in [-0.3, -0.25) is 0 Å². The second-order valence-corrected chi connectivity index (χ2v) is 2.97. The van der Waals surface area contributed by atoms with Crippen LogP contribution >= 0.6 is 15.9 Å². The first-order chi connectivity index (χ1) is 4.20. The van der Waals surface area contributed by atoms with E-state index < -0.39 is 0 Å². The molecule has 0 aromatic rings. The first-order valence-corrected chi connectivity index (χ1v) is 3.53. The summed E-state index contributed by atoms with van der Waals surface area (Å²) in [6.07, 6.45) is 3.23. The van der Waals surface area contributed by atoms with Gasteiger partial charge in [0.1, 0.15) is 5.76 Å². The Morgan fingerprint density at radius 2 is 2.22 bits per heavy atom. The highest BCUT2D eigenvalue weighted by molar-refractivity contribution is 9.11. The number of rotatable bonds is 0. The molecule has 0 heterocycles. The second-order valence-electron chi connectivity index (χ2n) is 2.01. The molecule has 0 unspecified atom stereocenters. The Morgan fingerprint density at radius 1 is 1.56 bits per heavy atom. The quantitative estimate of drug-likeness (QED) is 0.611. The Kier molecular flexibility index (Phi) is 1.81. The summed E-state index contributed by atoms with van der Waals surface area (Å²) in [4.78, 5) is 0. The predicted octanol–water partition coefficient (Wildman–Crippen LogP) is 1.79. The third-order valence-electron chi connectivity index (χ3n) is 1.23. The van der Waals surface area contributed by atoms with Gasteiger partial charge in [0.15, 0.2) is 0 Å². The van der Waals surface area contributed by atoms with Crippen molar-refractivity contribution in [2.75, 3.05) is 0 Å². The zero-order valence-electron chi connectivity index (χ0n) is 4.89. The molecule has 2 nitrogen and oxygen atoms in total. The van der Waals surface area contributed by atoms with Crippen molar-refractivity contribution < 1.29 is 5.11 Å². The zero-order chi connectivity index (χ0) is 6.85. The van der Waals surface area contributed by atoms with Crippen molar-refractivity contribution in [1.29, 1.82) is 0 Å². The lowest BCUT2D eigenvalue weighted by Gasteiger charge is -2.08. The van der Waals surface area contributed by atoms with Crippen molar-refractivity contribution in [3.8, 4) is 0 Å². The molecule has 1 rings (SSSR count). The summed E-state index contributed by atoms with van der Waals surface area (Å²) in [5.74, 6) is 0.263. The van der Waals surface area contributed by atoms with E-state index in [-0.39, 0.29) is 5.76 Å². The highest BCUT2D eigenvalue weighted by Crippen LogP contribution is 2.23. The van der Waals surface area contributed by atoms with Crippen molar-refractivity contribution in [3.05, 3.63) is 22.0 Å². The van der Waals surface area contributed by atoms with Crippen molar-refractivity contribution in [3.63, 3.8) is 0 Å². The zero-order valence-corrected chi connectivity index (χ0v) is 6.48. The monoisotopic (exact) mass is 189 g/mol. The molecule has 0 bridgehead atoms. The van der Waals surface area contributed by atoms with E-state index in [1.807, 2.05) is 0 Å². The van der Waals surface area contributed by atoms with Crippen LogP contribution in [-0.2, 0) is 0 Å². The van der Waals surface area contributed by atoms with Gasteiger partial charge in [0.05, 0.1) is 0 Å². The van der Waals surface area contributed by atoms with Crippen molar-refractivity contribution in [2.45, 2.75) is 12.8 Å². The first-order valence-electron chi connectivity index (χ1n) is 2.74. The van der Waals surface area contributed by atoms with Crippen LogP contribution in [0, 0.1) is 0 Å². The first kappa shape index (κ1) is 6.68. The summed E-state index contributed by atoms with van der Waals surface area (Å²) in [6.45, 7) is 0. The van der Waals surface area contributed by atoms with Crippen LogP contribution in [-0.4, -0.2) is 5.11 Å². The van der Waals surface area contributed by atoms with Crippen LogP contribution < -0.4 is 5.73 Å². The third kappa shape index (κ3) is 1.48. The fraction of sp³-hybridized carbons (Fsp3) is 0.333. The number of halogens is 1. The van der Waals surface area contributed by atoms with Gasteiger partial charge in [-0.1, -0.05) is 15.9 Å². The van der Waals surface area contributed by atoms with Gasteiger partial charge in [-0.05, 0) is 18.9 Å². The van der Waals surface area contributed by atoms with Gasteiger partial charge in [-0.25, -0.2) is 0 Å². The van der Waals surface area contributed by atoms with E-state index in [9.17, 15) is 0 Å². The standard InChI is InChI=1S/C6H8BrNO/c7-5-2-1-4(8)3-6(5)9/h3,9H,1-2,8H2. The summed E-state index contributed by atoms with van der Waals surface area (Å²) < 4.78 is 0.844. The van der Waals surface area contributed by atoms with Crippen LogP contribution in [0.15, 0.2) is 22.0 Å². The smallest absolute Gasteiger partial charge is 0.127 e. The van der Waals surface area contributed by atoms with Gasteiger partial charge in [-0.2, -0.15) is 0 Å². The van der Waals surface area contributed by atoms with Crippen LogP contribution in [0.4, 0.5) is 0 Å². The van der Waals surface area contributed by atoms with Gasteiger partial charge < -0.3 is 10.8 Å². The normalized spacial score (nSPS) is 19.9. The van der Waals surface area contributed by atoms with E-state index in [1.165, 1.54) is 0 Å². The molecule has 0 aromatic carbocycles. The molecular formula is C6H8BrNO. The Bertz CT molecular complexity index is 183. The molecule has 1 aliphatic carbocycles. The second kappa shape index (κ2) is 2.43. The summed E-state index contributed by atoms with van der Waals surface area (Å²) in [6, 6.07) is 0. The van der Waals surface area contributed by atoms with Crippen molar-refractivity contribution >= 4 is 15.9 Å². The van der Waals surface area contributed by atoms with E-state index in [0.717, 1.165) is 23.0 Å². The fourth-order valence-corrected chi connectivity index (χ4v) is 1.02. The maximum atomic E-state index is 9.02. The Morgan fingerprint density at radius 3 is 2.67 bits per heavy atom. The molecule has 0 atom stereocenters. The molecule has 0 aliphatic heterocycles. The van der Waals surface area contributed by atoms with Crippen LogP contribution in [0.3, 0.4) is 0 Å². The number of nitrogens with two attached hydrogens (primary N) is 1. The lowest BCUT2D eigenvalue weighted by molar-refractivity contribution is 0.423. The SMILES string of the molecule is NC1=CC(O)=C(Br)CC1. The molecule has 3 N–H and O–H groups in total. The van der Waals surface area contributed by atoms with Crippen molar-refractivity contribution in [2.24, 2.45) is 5.73 Å². The topological polar surface area (TPSA) is 46.2 Å². The predicted molar refractivity (Wildman–Crippen MR) is 40.1 cm³/mol. The van der Waals surface area contributed by atoms with Crippen molar-refractivity contribution in [1.82, 2.24) is 0 Å². The van der Waals surface area contributed by atoms with Crippen LogP contribution in [0.25, 0.3) is 0 Å². The average molecular weight is 190 g/mol. The molecule has 0 saturated heterocycles. The molecule has 0 aromatic heterocycles. The number of hydrogen-bond donors (Lipinski definition) is 2. The van der Waals surface area contributed by atoms with Gasteiger partial charge in [0.25, 0.3) is 0 Å². The molecular weight excluding hydrogens is 182 g/mol. The van der Waals surface area contributed by atoms with Gasteiger partial charge >= 0.3 is 0 Å². The number of allylic oxidation sites excluding steroid dienone is 3. The summed E-state index contributed by atoms with van der Waals surface area (Å²) in [5.41, 5.74) is 6.18. The maximum absolute atomic E-state index is 9.02. The summed E-state index contributed by atoms with van der Waals surface area (Å²) in [5, 5.41) is 9.02. The summed E-state index contributed by atoms with van der Waals surface area (Å²) in [7, 11) is 0. The van der Waals surface area contributed by atoms with Crippen LogP contribution in [0.5, 0.6) is 0 Å². The van der Waals surface area contributed by atoms with E-state index in [0.29, 0.717) is 0 Å². The number of aliphatic hydroxyl groups excluding tert-OH is 1. The van der Waals surface area contributed by atoms with E-state index in [4.69, 9.17) is 10.8 Å². The highest BCUT2D eigenvalue weighted by atomic mass is 79.9. The lowest BCUT2D eigenvalue weighted by atomic mass is 10.1.